The molecule has 0 bridgehead atoms. The average Bonchev–Trinajstić information content (AvgIpc) is 2.41. The Hall–Kier alpha value is -2.23. The Kier molecular flexibility index (Phi) is 4.36. The van der Waals surface area contributed by atoms with Gasteiger partial charge in [0, 0.05) is 15.3 Å². The Labute approximate surface area is 131 Å². The summed E-state index contributed by atoms with van der Waals surface area (Å²) in [5.41, 5.74) is 0.0358. The second kappa shape index (κ2) is 6.04. The highest BCUT2D eigenvalue weighted by Gasteiger charge is 2.20. The van der Waals surface area contributed by atoms with Crippen LogP contribution in [-0.4, -0.2) is 16.0 Å². The van der Waals surface area contributed by atoms with Gasteiger partial charge < -0.3 is 10.4 Å². The van der Waals surface area contributed by atoms with Crippen LogP contribution in [0.4, 0.5) is 21.5 Å². The van der Waals surface area contributed by atoms with E-state index in [1.165, 1.54) is 30.3 Å². The number of carbonyl (C=O) groups is 1. The number of benzene rings is 2. The molecule has 0 radical (unpaired) electrons. The van der Waals surface area contributed by atoms with E-state index in [4.69, 9.17) is 5.11 Å². The van der Waals surface area contributed by atoms with Crippen LogP contribution in [0.25, 0.3) is 0 Å². The number of anilines is 2. The smallest absolute Gasteiger partial charge is 0.342 e. The van der Waals surface area contributed by atoms with Gasteiger partial charge in [0.25, 0.3) is 5.69 Å². The Bertz CT molecular complexity index is 736. The van der Waals surface area contributed by atoms with Crippen molar-refractivity contribution in [2.24, 2.45) is 0 Å². The Morgan fingerprint density at radius 3 is 2.57 bits per heavy atom. The fourth-order valence-electron chi connectivity index (χ4n) is 1.69. The summed E-state index contributed by atoms with van der Waals surface area (Å²) in [6.07, 6.45) is 0. The summed E-state index contributed by atoms with van der Waals surface area (Å²) in [5, 5.41) is 22.7. The summed E-state index contributed by atoms with van der Waals surface area (Å²) in [5.74, 6) is -1.78. The van der Waals surface area contributed by atoms with Crippen molar-refractivity contribution >= 4 is 45.6 Å². The standard InChI is InChI=1S/C13H8FIN2O4/c14-7-1-3-11(10(15)5-7)16-8-2-4-12(17(20)21)9(6-8)13(18)19/h1-6,16H,(H,18,19). The molecule has 0 aliphatic carbocycles. The van der Waals surface area contributed by atoms with Crippen LogP contribution in [0.5, 0.6) is 0 Å². The number of rotatable bonds is 4. The molecular weight excluding hydrogens is 394 g/mol. The van der Waals surface area contributed by atoms with E-state index in [0.717, 1.165) is 6.07 Å². The fraction of sp³-hybridized carbons (Fsp3) is 0. The van der Waals surface area contributed by atoms with Crippen molar-refractivity contribution in [2.45, 2.75) is 0 Å². The maximum absolute atomic E-state index is 13.0. The van der Waals surface area contributed by atoms with Crippen molar-refractivity contribution in [2.75, 3.05) is 5.32 Å². The molecule has 0 saturated carbocycles. The van der Waals surface area contributed by atoms with Crippen molar-refractivity contribution in [3.05, 3.63) is 61.5 Å². The first-order chi connectivity index (χ1) is 9.88. The molecule has 0 fully saturated rings. The Morgan fingerprint density at radius 1 is 1.29 bits per heavy atom. The number of hydrogen-bond donors (Lipinski definition) is 2. The Morgan fingerprint density at radius 2 is 2.00 bits per heavy atom. The van der Waals surface area contributed by atoms with Crippen LogP contribution < -0.4 is 5.32 Å². The number of nitrogens with zero attached hydrogens (tertiary/aromatic N) is 1. The van der Waals surface area contributed by atoms with Gasteiger partial charge in [-0.1, -0.05) is 0 Å². The van der Waals surface area contributed by atoms with E-state index in [1.54, 1.807) is 0 Å². The monoisotopic (exact) mass is 402 g/mol. The first kappa shape index (κ1) is 15.2. The molecule has 0 heterocycles. The molecule has 21 heavy (non-hydrogen) atoms. The minimum absolute atomic E-state index is 0.363. The van der Waals surface area contributed by atoms with Gasteiger partial charge >= 0.3 is 5.97 Å². The van der Waals surface area contributed by atoms with E-state index in [9.17, 15) is 19.3 Å². The predicted molar refractivity (Wildman–Crippen MR) is 82.5 cm³/mol. The molecule has 2 N–H and O–H groups in total. The number of hydrogen-bond acceptors (Lipinski definition) is 4. The molecule has 0 aliphatic heterocycles. The second-order valence-electron chi connectivity index (χ2n) is 4.04. The number of nitro benzene ring substituents is 1. The van der Waals surface area contributed by atoms with Gasteiger partial charge in [-0.2, -0.15) is 0 Å². The molecule has 0 saturated heterocycles. The van der Waals surface area contributed by atoms with Gasteiger partial charge in [0.1, 0.15) is 11.4 Å². The highest BCUT2D eigenvalue weighted by Crippen LogP contribution is 2.27. The molecule has 0 aliphatic rings. The summed E-state index contributed by atoms with van der Waals surface area (Å²) in [6, 6.07) is 7.74. The Balaban J connectivity index is 2.39. The number of nitrogens with one attached hydrogen (secondary N) is 1. The van der Waals surface area contributed by atoms with Crippen LogP contribution in [0, 0.1) is 19.5 Å². The normalized spacial score (nSPS) is 10.2. The van der Waals surface area contributed by atoms with E-state index in [2.05, 4.69) is 5.32 Å². The number of aromatic carboxylic acids is 1. The van der Waals surface area contributed by atoms with Crippen LogP contribution >= 0.6 is 22.6 Å². The maximum Gasteiger partial charge on any atom is 0.342 e. The number of carboxylic acid groups (broad SMARTS) is 1. The first-order valence-electron chi connectivity index (χ1n) is 5.62. The summed E-state index contributed by atoms with van der Waals surface area (Å²) in [6.45, 7) is 0. The van der Waals surface area contributed by atoms with Gasteiger partial charge in [-0.05, 0) is 52.9 Å². The average molecular weight is 402 g/mol. The third-order valence-electron chi connectivity index (χ3n) is 2.63. The zero-order chi connectivity index (χ0) is 15.6. The van der Waals surface area contributed by atoms with Gasteiger partial charge in [-0.15, -0.1) is 0 Å². The van der Waals surface area contributed by atoms with Crippen molar-refractivity contribution in [3.8, 4) is 0 Å². The first-order valence-corrected chi connectivity index (χ1v) is 6.70. The molecule has 0 aromatic heterocycles. The second-order valence-corrected chi connectivity index (χ2v) is 5.21. The SMILES string of the molecule is O=C(O)c1cc(Nc2ccc(F)cc2I)ccc1[N+](=O)[O-]. The third kappa shape index (κ3) is 3.45. The van der Waals surface area contributed by atoms with E-state index < -0.39 is 22.1 Å². The maximum atomic E-state index is 13.0. The van der Waals surface area contributed by atoms with E-state index in [-0.39, 0.29) is 5.82 Å². The van der Waals surface area contributed by atoms with Crippen molar-refractivity contribution < 1.29 is 19.2 Å². The minimum atomic E-state index is -1.39. The molecule has 108 valence electrons. The lowest BCUT2D eigenvalue weighted by Gasteiger charge is -2.09. The van der Waals surface area contributed by atoms with Crippen LogP contribution in [0.2, 0.25) is 0 Å². The summed E-state index contributed by atoms with van der Waals surface area (Å²) in [4.78, 5) is 21.1. The molecule has 0 spiro atoms. The van der Waals surface area contributed by atoms with Gasteiger partial charge in [0.15, 0.2) is 0 Å². The highest BCUT2D eigenvalue weighted by molar-refractivity contribution is 14.1. The van der Waals surface area contributed by atoms with Gasteiger partial charge in [0.2, 0.25) is 0 Å². The number of carboxylic acids is 1. The van der Waals surface area contributed by atoms with Crippen LogP contribution in [0.3, 0.4) is 0 Å². The van der Waals surface area contributed by atoms with Gasteiger partial charge in [0.05, 0.1) is 10.6 Å². The highest BCUT2D eigenvalue weighted by atomic mass is 127. The zero-order valence-corrected chi connectivity index (χ0v) is 12.5. The lowest BCUT2D eigenvalue weighted by atomic mass is 10.1. The third-order valence-corrected chi connectivity index (χ3v) is 3.53. The van der Waals surface area contributed by atoms with Gasteiger partial charge in [-0.25, -0.2) is 9.18 Å². The quantitative estimate of drug-likeness (QED) is 0.462. The topological polar surface area (TPSA) is 92.5 Å². The summed E-state index contributed by atoms with van der Waals surface area (Å²) in [7, 11) is 0. The lowest BCUT2D eigenvalue weighted by molar-refractivity contribution is -0.385. The molecule has 2 aromatic rings. The minimum Gasteiger partial charge on any atom is -0.477 e. The lowest BCUT2D eigenvalue weighted by Crippen LogP contribution is -2.04. The van der Waals surface area contributed by atoms with Crippen LogP contribution in [0.1, 0.15) is 10.4 Å². The van der Waals surface area contributed by atoms with Crippen LogP contribution in [-0.2, 0) is 0 Å². The van der Waals surface area contributed by atoms with E-state index >= 15 is 0 Å². The molecular formula is C13H8FIN2O4. The molecule has 0 atom stereocenters. The van der Waals surface area contributed by atoms with Crippen molar-refractivity contribution in [1.29, 1.82) is 0 Å². The van der Waals surface area contributed by atoms with E-state index in [0.29, 0.717) is 14.9 Å². The summed E-state index contributed by atoms with van der Waals surface area (Å²) < 4.78 is 13.6. The van der Waals surface area contributed by atoms with Crippen molar-refractivity contribution in [1.82, 2.24) is 0 Å². The number of nitro groups is 1. The molecule has 0 amide bonds. The largest absolute Gasteiger partial charge is 0.477 e. The molecule has 6 nitrogen and oxygen atoms in total. The molecule has 0 unspecified atom stereocenters. The van der Waals surface area contributed by atoms with E-state index in [1.807, 2.05) is 22.6 Å². The number of halogens is 2. The zero-order valence-electron chi connectivity index (χ0n) is 10.3. The molecule has 8 heteroatoms. The summed E-state index contributed by atoms with van der Waals surface area (Å²) >= 11 is 1.93. The molecule has 2 aromatic carbocycles. The van der Waals surface area contributed by atoms with Gasteiger partial charge in [-0.3, -0.25) is 10.1 Å². The predicted octanol–water partition coefficient (Wildman–Crippen LogP) is 3.78. The fourth-order valence-corrected chi connectivity index (χ4v) is 2.30. The van der Waals surface area contributed by atoms with Crippen molar-refractivity contribution in [3.63, 3.8) is 0 Å². The van der Waals surface area contributed by atoms with Crippen LogP contribution in [0.15, 0.2) is 36.4 Å². The molecule has 2 rings (SSSR count).